The van der Waals surface area contributed by atoms with Crippen molar-refractivity contribution in [2.45, 2.75) is 54.6 Å². The van der Waals surface area contributed by atoms with Crippen molar-refractivity contribution in [1.29, 1.82) is 0 Å². The molecule has 1 amide bonds. The number of carbonyl (C=O) groups is 3. The summed E-state index contributed by atoms with van der Waals surface area (Å²) >= 11 is 0.988. The number of carboxylic acids is 2. The molecular formula is C22H27F3N4O7S2. The van der Waals surface area contributed by atoms with Crippen molar-refractivity contribution in [2.24, 2.45) is 4.99 Å². The molecule has 0 saturated heterocycles. The number of nitrogens with zero attached hydrogens (tertiary/aromatic N) is 1. The summed E-state index contributed by atoms with van der Waals surface area (Å²) in [4.78, 5) is 36.8. The number of dihydropyridines is 1. The van der Waals surface area contributed by atoms with Crippen LogP contribution in [0.3, 0.4) is 0 Å². The van der Waals surface area contributed by atoms with Gasteiger partial charge in [0, 0.05) is 31.1 Å². The van der Waals surface area contributed by atoms with Crippen LogP contribution >= 0.6 is 11.3 Å². The van der Waals surface area contributed by atoms with Crippen LogP contribution in [0.5, 0.6) is 0 Å². The molecule has 210 valence electrons. The zero-order valence-corrected chi connectivity index (χ0v) is 21.5. The number of halogens is 3. The van der Waals surface area contributed by atoms with Crippen molar-refractivity contribution in [3.05, 3.63) is 41.3 Å². The minimum Gasteiger partial charge on any atom is -0.480 e. The van der Waals surface area contributed by atoms with E-state index in [1.807, 2.05) is 0 Å². The van der Waals surface area contributed by atoms with E-state index in [4.69, 9.17) is 9.90 Å². The van der Waals surface area contributed by atoms with E-state index in [9.17, 15) is 36.3 Å². The second-order valence-corrected chi connectivity index (χ2v) is 11.0. The summed E-state index contributed by atoms with van der Waals surface area (Å²) in [5.41, 5.74) is 1.13. The lowest BCUT2D eigenvalue weighted by atomic mass is 10.0. The van der Waals surface area contributed by atoms with Gasteiger partial charge in [-0.25, -0.2) is 13.2 Å². The highest BCUT2D eigenvalue weighted by atomic mass is 32.2. The van der Waals surface area contributed by atoms with Gasteiger partial charge in [-0.2, -0.15) is 17.9 Å². The van der Waals surface area contributed by atoms with E-state index >= 15 is 0 Å². The molecule has 0 saturated carbocycles. The molecule has 1 aromatic heterocycles. The number of aliphatic imine (C=N–C) groups is 1. The second kappa shape index (κ2) is 14.1. The lowest BCUT2D eigenvalue weighted by Crippen LogP contribution is -2.48. The minimum atomic E-state index is -5.08. The average molecular weight is 581 g/mol. The van der Waals surface area contributed by atoms with Crippen LogP contribution in [-0.2, 0) is 24.4 Å². The number of sulfonamides is 1. The van der Waals surface area contributed by atoms with Crippen molar-refractivity contribution in [2.75, 3.05) is 13.1 Å². The third-order valence-electron chi connectivity index (χ3n) is 5.14. The Morgan fingerprint density at radius 3 is 2.55 bits per heavy atom. The van der Waals surface area contributed by atoms with Gasteiger partial charge in [-0.05, 0) is 30.7 Å². The van der Waals surface area contributed by atoms with Crippen LogP contribution in [0.25, 0.3) is 0 Å². The van der Waals surface area contributed by atoms with Gasteiger partial charge in [0.15, 0.2) is 0 Å². The predicted molar refractivity (Wildman–Crippen MR) is 132 cm³/mol. The maximum atomic E-state index is 12.2. The highest BCUT2D eigenvalue weighted by molar-refractivity contribution is 7.91. The van der Waals surface area contributed by atoms with Gasteiger partial charge in [-0.1, -0.05) is 30.7 Å². The van der Waals surface area contributed by atoms with Gasteiger partial charge in [0.25, 0.3) is 10.0 Å². The number of amides is 1. The van der Waals surface area contributed by atoms with Crippen molar-refractivity contribution < 1.29 is 46.2 Å². The summed E-state index contributed by atoms with van der Waals surface area (Å²) < 4.78 is 58.3. The number of rotatable bonds is 11. The monoisotopic (exact) mass is 580 g/mol. The number of alkyl halides is 3. The van der Waals surface area contributed by atoms with Crippen LogP contribution in [-0.4, -0.2) is 73.7 Å². The van der Waals surface area contributed by atoms with Gasteiger partial charge in [-0.3, -0.25) is 14.6 Å². The van der Waals surface area contributed by atoms with E-state index in [1.165, 1.54) is 6.07 Å². The van der Waals surface area contributed by atoms with Gasteiger partial charge in [0.1, 0.15) is 16.1 Å². The fraction of sp³-hybridized carbons (Fsp3) is 0.455. The molecule has 16 heteroatoms. The fourth-order valence-corrected chi connectivity index (χ4v) is 5.47. The normalized spacial score (nSPS) is 17.5. The highest BCUT2D eigenvalue weighted by Gasteiger charge is 2.38. The number of unbranched alkanes of at least 4 members (excludes halogenated alkanes) is 1. The van der Waals surface area contributed by atoms with Crippen LogP contribution in [0.4, 0.5) is 13.2 Å². The van der Waals surface area contributed by atoms with Crippen molar-refractivity contribution in [1.82, 2.24) is 15.4 Å². The molecule has 0 radical (unpaired) electrons. The zero-order valence-electron chi connectivity index (χ0n) is 19.9. The van der Waals surface area contributed by atoms with E-state index in [-0.39, 0.29) is 29.1 Å². The number of thiophene rings is 1. The highest BCUT2D eigenvalue weighted by Crippen LogP contribution is 2.17. The third-order valence-corrected chi connectivity index (χ3v) is 8.01. The predicted octanol–water partition coefficient (Wildman–Crippen LogP) is 2.05. The Kier molecular flexibility index (Phi) is 11.5. The first kappa shape index (κ1) is 31.0. The molecular weight excluding hydrogens is 553 g/mol. The van der Waals surface area contributed by atoms with E-state index in [0.717, 1.165) is 48.6 Å². The maximum absolute atomic E-state index is 12.2. The van der Waals surface area contributed by atoms with Crippen LogP contribution in [0.2, 0.25) is 0 Å². The van der Waals surface area contributed by atoms with Gasteiger partial charge in [0.05, 0.1) is 0 Å². The molecule has 0 aromatic carbocycles. The molecule has 3 heterocycles. The Hall–Kier alpha value is -3.24. The van der Waals surface area contributed by atoms with Gasteiger partial charge in [0.2, 0.25) is 5.91 Å². The summed E-state index contributed by atoms with van der Waals surface area (Å²) in [6.45, 7) is 0.480. The number of hydrogen-bond acceptors (Lipinski definition) is 8. The van der Waals surface area contributed by atoms with E-state index in [0.29, 0.717) is 6.42 Å². The summed E-state index contributed by atoms with van der Waals surface area (Å²) in [6.07, 6.45) is 4.78. The number of aliphatic carboxylic acids is 2. The van der Waals surface area contributed by atoms with Gasteiger partial charge in [-0.15, -0.1) is 11.3 Å². The summed E-state index contributed by atoms with van der Waals surface area (Å²) in [6, 6.07) is 1.69. The molecule has 5 N–H and O–H groups in total. The smallest absolute Gasteiger partial charge is 0.480 e. The molecule has 38 heavy (non-hydrogen) atoms. The summed E-state index contributed by atoms with van der Waals surface area (Å²) in [5.74, 6) is -3.49. The first-order chi connectivity index (χ1) is 17.8. The van der Waals surface area contributed by atoms with Crippen LogP contribution in [0.1, 0.15) is 32.1 Å². The Bertz CT molecular complexity index is 1180. The summed E-state index contributed by atoms with van der Waals surface area (Å²) in [5, 5.41) is 23.9. The molecule has 2 aliphatic rings. The second-order valence-electron chi connectivity index (χ2n) is 8.09. The molecule has 11 nitrogen and oxygen atoms in total. The molecule has 2 atom stereocenters. The van der Waals surface area contributed by atoms with Gasteiger partial charge >= 0.3 is 18.1 Å². The molecule has 0 spiro atoms. The van der Waals surface area contributed by atoms with Crippen molar-refractivity contribution in [3.8, 4) is 0 Å². The Morgan fingerprint density at radius 1 is 1.24 bits per heavy atom. The quantitative estimate of drug-likeness (QED) is 0.247. The number of amidine groups is 1. The molecule has 0 fully saturated rings. The molecule has 1 aromatic rings. The third kappa shape index (κ3) is 10.3. The number of carbonyl (C=O) groups excluding carboxylic acids is 1. The van der Waals surface area contributed by atoms with Gasteiger partial charge < -0.3 is 20.8 Å². The topological polar surface area (TPSA) is 174 Å². The van der Waals surface area contributed by atoms with E-state index in [1.54, 1.807) is 11.4 Å². The fourth-order valence-electron chi connectivity index (χ4n) is 3.27. The molecule has 0 bridgehead atoms. The number of hydrogen-bond donors (Lipinski definition) is 5. The summed E-state index contributed by atoms with van der Waals surface area (Å²) in [7, 11) is -3.94. The number of fused-ring (bicyclic) bond motifs is 1. The molecule has 3 rings (SSSR count). The lowest BCUT2D eigenvalue weighted by Gasteiger charge is -2.25. The van der Waals surface area contributed by atoms with Crippen molar-refractivity contribution >= 4 is 45.0 Å². The Labute approximate surface area is 220 Å². The maximum Gasteiger partial charge on any atom is 0.490 e. The number of nitrogens with one attached hydrogen (secondary N) is 3. The largest absolute Gasteiger partial charge is 0.490 e. The first-order valence-electron chi connectivity index (χ1n) is 11.3. The SMILES string of the molecule is O=C(CCCCC1C=CC2=CCCN=C2N1)NCC(NS(=O)(=O)c1cccs1)C(=O)O.O=C(O)C(F)(F)F. The Morgan fingerprint density at radius 2 is 1.95 bits per heavy atom. The van der Waals surface area contributed by atoms with Crippen LogP contribution < -0.4 is 15.4 Å². The average Bonchev–Trinajstić information content (AvgIpc) is 3.40. The molecule has 2 aliphatic heterocycles. The Balaban J connectivity index is 0.000000638. The van der Waals surface area contributed by atoms with E-state index in [2.05, 4.69) is 38.6 Å². The van der Waals surface area contributed by atoms with Crippen LogP contribution in [0, 0.1) is 0 Å². The van der Waals surface area contributed by atoms with Crippen LogP contribution in [0.15, 0.2) is 50.5 Å². The van der Waals surface area contributed by atoms with Crippen molar-refractivity contribution in [3.63, 3.8) is 0 Å². The lowest BCUT2D eigenvalue weighted by molar-refractivity contribution is -0.192. The molecule has 2 unspecified atom stereocenters. The number of carboxylic acid groups (broad SMARTS) is 2. The molecule has 0 aliphatic carbocycles. The van der Waals surface area contributed by atoms with E-state index < -0.39 is 34.2 Å². The first-order valence-corrected chi connectivity index (χ1v) is 13.7. The zero-order chi connectivity index (χ0) is 28.3. The minimum absolute atomic E-state index is 0.0252. The standard InChI is InChI=1S/C20H26N4O5S2.C2HF3O2/c25-17(7-2-1-6-15-10-9-14-5-3-11-21-19(14)23-15)22-13-16(20(26)27)24-31(28,29)18-8-4-12-30-18;3-2(4,5)1(6)7/h4-5,8-10,12,15-16,24H,1-3,6-7,11,13H2,(H,21,23)(H,22,25)(H,26,27);(H,6,7).